The van der Waals surface area contributed by atoms with E-state index in [-0.39, 0.29) is 23.0 Å². The molecule has 0 aliphatic heterocycles. The van der Waals surface area contributed by atoms with Crippen LogP contribution in [-0.2, 0) is 11.2 Å². The Labute approximate surface area is 109 Å². The number of aromatic hydroxyl groups is 1. The fraction of sp³-hybridized carbons (Fsp3) is 0.533. The number of carbonyl (C=O) groups excluding carboxylic acids is 1. The summed E-state index contributed by atoms with van der Waals surface area (Å²) in [6, 6.07) is 6.65. The zero-order chi connectivity index (χ0) is 13.8. The van der Waals surface area contributed by atoms with Crippen molar-refractivity contribution in [3.05, 3.63) is 29.8 Å². The van der Waals surface area contributed by atoms with Crippen LogP contribution in [0.4, 0.5) is 0 Å². The fourth-order valence-electron chi connectivity index (χ4n) is 2.06. The van der Waals surface area contributed by atoms with Crippen LogP contribution in [0.3, 0.4) is 0 Å². The van der Waals surface area contributed by atoms with E-state index in [1.54, 1.807) is 24.3 Å². The zero-order valence-electron chi connectivity index (χ0n) is 11.4. The van der Waals surface area contributed by atoms with Gasteiger partial charge in [-0.1, -0.05) is 32.9 Å². The molecule has 100 valence electrons. The van der Waals surface area contributed by atoms with E-state index in [4.69, 9.17) is 10.8 Å². The highest BCUT2D eigenvalue weighted by Gasteiger charge is 2.18. The topological polar surface area (TPSA) is 63.3 Å². The SMILES string of the molecule is CC(C)(C)CC(N)CC(=O)Cc1ccc(O)cc1. The van der Waals surface area contributed by atoms with Gasteiger partial charge in [0.25, 0.3) is 0 Å². The molecule has 3 nitrogen and oxygen atoms in total. The minimum Gasteiger partial charge on any atom is -0.508 e. The third kappa shape index (κ3) is 5.82. The van der Waals surface area contributed by atoms with E-state index in [1.165, 1.54) is 0 Å². The Bertz CT molecular complexity index is 390. The minimum absolute atomic E-state index is 0.0744. The first-order valence-electron chi connectivity index (χ1n) is 6.31. The Morgan fingerprint density at radius 2 is 1.83 bits per heavy atom. The molecule has 0 heterocycles. The number of hydrogen-bond acceptors (Lipinski definition) is 3. The predicted molar refractivity (Wildman–Crippen MR) is 73.5 cm³/mol. The molecular weight excluding hydrogens is 226 g/mol. The van der Waals surface area contributed by atoms with Crippen LogP contribution in [0.15, 0.2) is 24.3 Å². The summed E-state index contributed by atoms with van der Waals surface area (Å²) < 4.78 is 0. The molecule has 0 aromatic heterocycles. The molecule has 0 aliphatic rings. The summed E-state index contributed by atoms with van der Waals surface area (Å²) in [5, 5.41) is 9.16. The number of benzene rings is 1. The molecule has 0 radical (unpaired) electrons. The third-order valence-electron chi connectivity index (χ3n) is 2.70. The normalized spacial score (nSPS) is 13.3. The molecule has 0 spiro atoms. The highest BCUT2D eigenvalue weighted by Crippen LogP contribution is 2.21. The second kappa shape index (κ2) is 6.01. The molecule has 1 aromatic rings. The van der Waals surface area contributed by atoms with Crippen molar-refractivity contribution < 1.29 is 9.90 Å². The number of nitrogens with two attached hydrogens (primary N) is 1. The highest BCUT2D eigenvalue weighted by atomic mass is 16.3. The lowest BCUT2D eigenvalue weighted by molar-refractivity contribution is -0.118. The van der Waals surface area contributed by atoms with Gasteiger partial charge < -0.3 is 10.8 Å². The van der Waals surface area contributed by atoms with Crippen molar-refractivity contribution in [3.8, 4) is 5.75 Å². The molecule has 1 rings (SSSR count). The van der Waals surface area contributed by atoms with Crippen molar-refractivity contribution in [2.24, 2.45) is 11.1 Å². The quantitative estimate of drug-likeness (QED) is 0.843. The van der Waals surface area contributed by atoms with E-state index in [9.17, 15) is 4.79 Å². The molecule has 1 aromatic carbocycles. The number of rotatable bonds is 5. The lowest BCUT2D eigenvalue weighted by Crippen LogP contribution is -2.29. The monoisotopic (exact) mass is 249 g/mol. The van der Waals surface area contributed by atoms with Crippen molar-refractivity contribution in [3.63, 3.8) is 0 Å². The van der Waals surface area contributed by atoms with E-state index in [1.807, 2.05) is 0 Å². The molecular formula is C15H23NO2. The maximum absolute atomic E-state index is 11.9. The van der Waals surface area contributed by atoms with Gasteiger partial charge in [0.05, 0.1) is 0 Å². The number of ketones is 1. The summed E-state index contributed by atoms with van der Waals surface area (Å²) in [5.41, 5.74) is 7.05. The first-order valence-corrected chi connectivity index (χ1v) is 6.31. The van der Waals surface area contributed by atoms with Gasteiger partial charge in [-0.15, -0.1) is 0 Å². The van der Waals surface area contributed by atoms with Gasteiger partial charge in [-0.05, 0) is 29.5 Å². The van der Waals surface area contributed by atoms with Crippen molar-refractivity contribution in [2.45, 2.75) is 46.1 Å². The van der Waals surface area contributed by atoms with Crippen molar-refractivity contribution in [1.82, 2.24) is 0 Å². The molecule has 0 amide bonds. The maximum Gasteiger partial charge on any atom is 0.138 e. The zero-order valence-corrected chi connectivity index (χ0v) is 11.4. The summed E-state index contributed by atoms with van der Waals surface area (Å²) in [5.74, 6) is 0.369. The molecule has 0 saturated carbocycles. The molecule has 0 fully saturated rings. The second-order valence-corrected chi connectivity index (χ2v) is 6.11. The van der Waals surface area contributed by atoms with Gasteiger partial charge >= 0.3 is 0 Å². The molecule has 3 heteroatoms. The van der Waals surface area contributed by atoms with Crippen molar-refractivity contribution in [1.29, 1.82) is 0 Å². The van der Waals surface area contributed by atoms with Crippen molar-refractivity contribution in [2.75, 3.05) is 0 Å². The van der Waals surface area contributed by atoms with Gasteiger partial charge in [-0.25, -0.2) is 0 Å². The largest absolute Gasteiger partial charge is 0.508 e. The van der Waals surface area contributed by atoms with Gasteiger partial charge in [-0.3, -0.25) is 4.79 Å². The summed E-state index contributed by atoms with van der Waals surface area (Å²) in [6.07, 6.45) is 1.64. The maximum atomic E-state index is 11.9. The Morgan fingerprint density at radius 1 is 1.28 bits per heavy atom. The molecule has 0 saturated heterocycles. The second-order valence-electron chi connectivity index (χ2n) is 6.11. The number of hydrogen-bond donors (Lipinski definition) is 2. The highest BCUT2D eigenvalue weighted by molar-refractivity contribution is 5.81. The molecule has 1 atom stereocenters. The van der Waals surface area contributed by atoms with Crippen LogP contribution in [0.2, 0.25) is 0 Å². The van der Waals surface area contributed by atoms with Crippen molar-refractivity contribution >= 4 is 5.78 Å². The van der Waals surface area contributed by atoms with Gasteiger partial charge in [0, 0.05) is 18.9 Å². The number of Topliss-reactive ketones (excluding diaryl/α,β-unsaturated/α-hetero) is 1. The Morgan fingerprint density at radius 3 is 2.33 bits per heavy atom. The van der Waals surface area contributed by atoms with Gasteiger partial charge in [0.15, 0.2) is 0 Å². The smallest absolute Gasteiger partial charge is 0.138 e. The third-order valence-corrected chi connectivity index (χ3v) is 2.70. The van der Waals surface area contributed by atoms with E-state index < -0.39 is 0 Å². The van der Waals surface area contributed by atoms with Gasteiger partial charge in [0.1, 0.15) is 11.5 Å². The average molecular weight is 249 g/mol. The average Bonchev–Trinajstić information content (AvgIpc) is 2.18. The summed E-state index contributed by atoms with van der Waals surface area (Å²) in [6.45, 7) is 6.37. The Balaban J connectivity index is 2.44. The van der Waals surface area contributed by atoms with Crippen LogP contribution >= 0.6 is 0 Å². The summed E-state index contributed by atoms with van der Waals surface area (Å²) >= 11 is 0. The van der Waals surface area contributed by atoms with Crippen LogP contribution in [-0.4, -0.2) is 16.9 Å². The van der Waals surface area contributed by atoms with E-state index in [0.29, 0.717) is 12.8 Å². The Hall–Kier alpha value is -1.35. The predicted octanol–water partition coefficient (Wildman–Crippen LogP) is 2.66. The molecule has 3 N–H and O–H groups in total. The van der Waals surface area contributed by atoms with E-state index in [2.05, 4.69) is 20.8 Å². The van der Waals surface area contributed by atoms with Crippen LogP contribution in [0.5, 0.6) is 5.75 Å². The standard InChI is InChI=1S/C15H23NO2/c1-15(2,3)10-12(16)9-14(18)8-11-4-6-13(17)7-5-11/h4-7,12,17H,8-10,16H2,1-3H3. The van der Waals surface area contributed by atoms with E-state index >= 15 is 0 Å². The van der Waals surface area contributed by atoms with Crippen LogP contribution < -0.4 is 5.73 Å². The number of phenols is 1. The van der Waals surface area contributed by atoms with E-state index in [0.717, 1.165) is 12.0 Å². The number of carbonyl (C=O) groups is 1. The lowest BCUT2D eigenvalue weighted by atomic mass is 9.86. The minimum atomic E-state index is -0.0744. The number of phenolic OH excluding ortho intramolecular Hbond substituents is 1. The van der Waals surface area contributed by atoms with Gasteiger partial charge in [-0.2, -0.15) is 0 Å². The molecule has 1 unspecified atom stereocenters. The Kier molecular flexibility index (Phi) is 4.91. The fourth-order valence-corrected chi connectivity index (χ4v) is 2.06. The first kappa shape index (κ1) is 14.7. The first-order chi connectivity index (χ1) is 8.26. The molecule has 0 bridgehead atoms. The lowest BCUT2D eigenvalue weighted by Gasteiger charge is -2.22. The van der Waals surface area contributed by atoms with Crippen LogP contribution in [0.1, 0.15) is 39.2 Å². The molecule has 18 heavy (non-hydrogen) atoms. The van der Waals surface area contributed by atoms with Crippen LogP contribution in [0.25, 0.3) is 0 Å². The molecule has 0 aliphatic carbocycles. The summed E-state index contributed by atoms with van der Waals surface area (Å²) in [7, 11) is 0. The van der Waals surface area contributed by atoms with Gasteiger partial charge in [0.2, 0.25) is 0 Å². The van der Waals surface area contributed by atoms with Crippen LogP contribution in [0, 0.1) is 5.41 Å². The summed E-state index contributed by atoms with van der Waals surface area (Å²) in [4.78, 5) is 11.9.